The van der Waals surface area contributed by atoms with E-state index in [0.29, 0.717) is 29.6 Å². The van der Waals surface area contributed by atoms with Gasteiger partial charge in [0, 0.05) is 29.2 Å². The molecule has 1 saturated heterocycles. The van der Waals surface area contributed by atoms with Crippen LogP contribution in [0.4, 0.5) is 11.4 Å². The van der Waals surface area contributed by atoms with Crippen LogP contribution in [0.3, 0.4) is 0 Å². The second kappa shape index (κ2) is 10.4. The molecule has 170 valence electrons. The van der Waals surface area contributed by atoms with Crippen molar-refractivity contribution in [2.24, 2.45) is 5.92 Å². The summed E-state index contributed by atoms with van der Waals surface area (Å²) in [7, 11) is 0. The number of aryl methyl sites for hydroxylation is 1. The summed E-state index contributed by atoms with van der Waals surface area (Å²) in [5.41, 5.74) is 9.18. The largest absolute Gasteiger partial charge is 0.487 e. The minimum atomic E-state index is -0.438. The Labute approximate surface area is 198 Å². The van der Waals surface area contributed by atoms with Gasteiger partial charge in [0.2, 0.25) is 11.8 Å². The number of hydrogen-bond donors (Lipinski definition) is 2. The van der Waals surface area contributed by atoms with E-state index in [1.54, 1.807) is 4.90 Å². The average Bonchev–Trinajstić information content (AvgIpc) is 3.24. The molecule has 0 radical (unpaired) electrons. The second-order valence-corrected chi connectivity index (χ2v) is 8.32. The lowest BCUT2D eigenvalue weighted by Crippen LogP contribution is -2.36. The number of hydrazine groups is 1. The Kier molecular flexibility index (Phi) is 7.15. The number of rotatable bonds is 8. The van der Waals surface area contributed by atoms with Gasteiger partial charge >= 0.3 is 0 Å². The number of anilines is 2. The van der Waals surface area contributed by atoms with Crippen molar-refractivity contribution >= 4 is 34.8 Å². The van der Waals surface area contributed by atoms with E-state index in [1.165, 1.54) is 5.56 Å². The Hall–Kier alpha value is -3.51. The van der Waals surface area contributed by atoms with Crippen molar-refractivity contribution in [3.8, 4) is 5.75 Å². The number of carbonyl (C=O) groups excluding carboxylic acids is 2. The van der Waals surface area contributed by atoms with Crippen LogP contribution in [0.15, 0.2) is 72.8 Å². The Morgan fingerprint density at radius 1 is 1.06 bits per heavy atom. The second-order valence-electron chi connectivity index (χ2n) is 7.92. The van der Waals surface area contributed by atoms with Gasteiger partial charge in [0.05, 0.1) is 11.6 Å². The summed E-state index contributed by atoms with van der Waals surface area (Å²) < 4.78 is 5.91. The van der Waals surface area contributed by atoms with Crippen LogP contribution >= 0.6 is 11.6 Å². The molecule has 0 aliphatic carbocycles. The van der Waals surface area contributed by atoms with Gasteiger partial charge in [0.1, 0.15) is 12.4 Å². The molecule has 6 nitrogen and oxygen atoms in total. The number of ether oxygens (including phenoxy) is 1. The standard InChI is InChI=1S/C26H26ClN3O3/c1-2-18-11-13-21(14-12-18)30-16-20(15-25(30)31)26(32)29-28-23-9-5-6-10-24(23)33-17-19-7-3-4-8-22(19)27/h3-14,20,28H,2,15-17H2,1H3,(H,29,32)/t20-/m1/s1. The van der Waals surface area contributed by atoms with Crippen molar-refractivity contribution in [3.05, 3.63) is 88.9 Å². The van der Waals surface area contributed by atoms with Crippen LogP contribution in [0.5, 0.6) is 5.75 Å². The molecular weight excluding hydrogens is 438 g/mol. The van der Waals surface area contributed by atoms with E-state index in [9.17, 15) is 9.59 Å². The van der Waals surface area contributed by atoms with Crippen LogP contribution in [0.1, 0.15) is 24.5 Å². The van der Waals surface area contributed by atoms with Crippen LogP contribution in [0.25, 0.3) is 0 Å². The lowest BCUT2D eigenvalue weighted by Gasteiger charge is -2.18. The molecular formula is C26H26ClN3O3. The van der Waals surface area contributed by atoms with E-state index in [1.807, 2.05) is 72.8 Å². The number of amides is 2. The van der Waals surface area contributed by atoms with Crippen LogP contribution in [0.2, 0.25) is 5.02 Å². The summed E-state index contributed by atoms with van der Waals surface area (Å²) in [5.74, 6) is -0.148. The van der Waals surface area contributed by atoms with Crippen molar-refractivity contribution < 1.29 is 14.3 Å². The number of nitrogens with zero attached hydrogens (tertiary/aromatic N) is 1. The minimum absolute atomic E-state index is 0.0529. The molecule has 3 aromatic carbocycles. The van der Waals surface area contributed by atoms with Gasteiger partial charge in [-0.15, -0.1) is 0 Å². The molecule has 0 spiro atoms. The Morgan fingerprint density at radius 3 is 2.55 bits per heavy atom. The normalized spacial score (nSPS) is 15.4. The molecule has 1 heterocycles. The molecule has 1 aliphatic heterocycles. The Morgan fingerprint density at radius 2 is 1.79 bits per heavy atom. The number of benzene rings is 3. The fraction of sp³-hybridized carbons (Fsp3) is 0.231. The molecule has 1 aliphatic rings. The molecule has 2 N–H and O–H groups in total. The van der Waals surface area contributed by atoms with Crippen molar-refractivity contribution in [2.75, 3.05) is 16.9 Å². The molecule has 3 aromatic rings. The Balaban J connectivity index is 1.35. The number of carbonyl (C=O) groups is 2. The van der Waals surface area contributed by atoms with Gasteiger partial charge in [-0.1, -0.05) is 61.0 Å². The van der Waals surface area contributed by atoms with E-state index in [0.717, 1.165) is 17.7 Å². The first-order chi connectivity index (χ1) is 16.0. The van der Waals surface area contributed by atoms with Crippen LogP contribution in [-0.2, 0) is 22.6 Å². The highest BCUT2D eigenvalue weighted by Gasteiger charge is 2.35. The summed E-state index contributed by atoms with van der Waals surface area (Å²) in [6.07, 6.45) is 1.11. The molecule has 33 heavy (non-hydrogen) atoms. The first-order valence-corrected chi connectivity index (χ1v) is 11.3. The third kappa shape index (κ3) is 5.46. The highest BCUT2D eigenvalue weighted by Crippen LogP contribution is 2.27. The zero-order valence-electron chi connectivity index (χ0n) is 18.4. The SMILES string of the molecule is CCc1ccc(N2C[C@H](C(=O)NNc3ccccc3OCc3ccccc3Cl)CC2=O)cc1. The number of nitrogens with one attached hydrogen (secondary N) is 2. The predicted molar refractivity (Wildman–Crippen MR) is 130 cm³/mol. The van der Waals surface area contributed by atoms with E-state index in [2.05, 4.69) is 17.8 Å². The number of hydrogen-bond acceptors (Lipinski definition) is 4. The van der Waals surface area contributed by atoms with Crippen LogP contribution in [-0.4, -0.2) is 18.4 Å². The molecule has 0 bridgehead atoms. The first-order valence-electron chi connectivity index (χ1n) is 11.0. The summed E-state index contributed by atoms with van der Waals surface area (Å²) >= 11 is 6.20. The zero-order valence-corrected chi connectivity index (χ0v) is 19.1. The summed E-state index contributed by atoms with van der Waals surface area (Å²) in [6.45, 7) is 2.74. The molecule has 0 unspecified atom stereocenters. The zero-order chi connectivity index (χ0) is 23.2. The topological polar surface area (TPSA) is 70.7 Å². The third-order valence-corrected chi connectivity index (χ3v) is 6.07. The van der Waals surface area contributed by atoms with Crippen LogP contribution in [0, 0.1) is 5.92 Å². The van der Waals surface area contributed by atoms with Crippen molar-refractivity contribution in [2.45, 2.75) is 26.4 Å². The third-order valence-electron chi connectivity index (χ3n) is 5.70. The van der Waals surface area contributed by atoms with Gasteiger partial charge in [-0.2, -0.15) is 0 Å². The average molecular weight is 464 g/mol. The quantitative estimate of drug-likeness (QED) is 0.462. The first kappa shape index (κ1) is 22.7. The highest BCUT2D eigenvalue weighted by molar-refractivity contribution is 6.31. The lowest BCUT2D eigenvalue weighted by molar-refractivity contribution is -0.125. The summed E-state index contributed by atoms with van der Waals surface area (Å²) in [5, 5.41) is 0.635. The van der Waals surface area contributed by atoms with Crippen LogP contribution < -0.4 is 20.5 Å². The lowest BCUT2D eigenvalue weighted by atomic mass is 10.1. The van der Waals surface area contributed by atoms with Gasteiger partial charge in [-0.25, -0.2) is 0 Å². The predicted octanol–water partition coefficient (Wildman–Crippen LogP) is 4.98. The molecule has 1 fully saturated rings. The minimum Gasteiger partial charge on any atom is -0.487 e. The monoisotopic (exact) mass is 463 g/mol. The fourth-order valence-corrected chi connectivity index (χ4v) is 3.93. The van der Waals surface area contributed by atoms with E-state index >= 15 is 0 Å². The maximum atomic E-state index is 12.8. The smallest absolute Gasteiger partial charge is 0.243 e. The van der Waals surface area contributed by atoms with Gasteiger partial charge in [0.15, 0.2) is 0 Å². The molecule has 2 amide bonds. The summed E-state index contributed by atoms with van der Waals surface area (Å²) in [4.78, 5) is 27.0. The number of para-hydroxylation sites is 2. The molecule has 0 saturated carbocycles. The maximum absolute atomic E-state index is 12.8. The molecule has 1 atom stereocenters. The number of halogens is 1. The van der Waals surface area contributed by atoms with Crippen molar-refractivity contribution in [1.82, 2.24) is 5.43 Å². The Bertz CT molecular complexity index is 1130. The van der Waals surface area contributed by atoms with Crippen molar-refractivity contribution in [3.63, 3.8) is 0 Å². The van der Waals surface area contributed by atoms with E-state index in [4.69, 9.17) is 16.3 Å². The van der Waals surface area contributed by atoms with Gasteiger partial charge < -0.3 is 9.64 Å². The van der Waals surface area contributed by atoms with Crippen molar-refractivity contribution in [1.29, 1.82) is 0 Å². The van der Waals surface area contributed by atoms with E-state index < -0.39 is 5.92 Å². The maximum Gasteiger partial charge on any atom is 0.243 e. The van der Waals surface area contributed by atoms with Gasteiger partial charge in [-0.3, -0.25) is 20.4 Å². The molecule has 7 heteroatoms. The molecule has 4 rings (SSSR count). The highest BCUT2D eigenvalue weighted by atomic mass is 35.5. The molecule has 0 aromatic heterocycles. The fourth-order valence-electron chi connectivity index (χ4n) is 3.74. The summed E-state index contributed by atoms with van der Waals surface area (Å²) in [6, 6.07) is 22.7. The van der Waals surface area contributed by atoms with E-state index in [-0.39, 0.29) is 18.2 Å². The van der Waals surface area contributed by atoms with Gasteiger partial charge in [-0.05, 0) is 42.3 Å². The van der Waals surface area contributed by atoms with Gasteiger partial charge in [0.25, 0.3) is 0 Å².